The molecule has 0 radical (unpaired) electrons. The highest BCUT2D eigenvalue weighted by atomic mass is 32.1. The Hall–Kier alpha value is -0.940. The van der Waals surface area contributed by atoms with Crippen LogP contribution in [0.5, 0.6) is 0 Å². The topological polar surface area (TPSA) is 62.2 Å². The number of thiazole rings is 1. The van der Waals surface area contributed by atoms with E-state index in [-0.39, 0.29) is 0 Å². The molecular weight excluding hydrogens is 224 g/mol. The van der Waals surface area contributed by atoms with E-state index < -0.39 is 12.0 Å². The predicted octanol–water partition coefficient (Wildman–Crippen LogP) is 1.66. The molecular formula is C11H16N2O2S. The van der Waals surface area contributed by atoms with Gasteiger partial charge in [-0.05, 0) is 25.2 Å². The van der Waals surface area contributed by atoms with Crippen molar-refractivity contribution in [2.45, 2.75) is 38.8 Å². The van der Waals surface area contributed by atoms with Gasteiger partial charge in [-0.2, -0.15) is 0 Å². The Labute approximate surface area is 98.7 Å². The van der Waals surface area contributed by atoms with Gasteiger partial charge >= 0.3 is 5.97 Å². The molecule has 88 valence electrons. The van der Waals surface area contributed by atoms with Gasteiger partial charge in [0.1, 0.15) is 6.04 Å². The van der Waals surface area contributed by atoms with Crippen molar-refractivity contribution in [1.29, 1.82) is 0 Å². The van der Waals surface area contributed by atoms with E-state index in [1.807, 2.05) is 5.38 Å². The summed E-state index contributed by atoms with van der Waals surface area (Å²) < 4.78 is 0. The summed E-state index contributed by atoms with van der Waals surface area (Å²) in [5.41, 5.74) is 0.953. The van der Waals surface area contributed by atoms with Crippen LogP contribution in [0.2, 0.25) is 0 Å². The molecule has 1 aliphatic carbocycles. The molecule has 1 atom stereocenters. The number of hydrogen-bond acceptors (Lipinski definition) is 4. The average Bonchev–Trinajstić information content (AvgIpc) is 2.97. The molecule has 1 aromatic heterocycles. The van der Waals surface area contributed by atoms with Gasteiger partial charge in [0.25, 0.3) is 0 Å². The van der Waals surface area contributed by atoms with Gasteiger partial charge in [-0.25, -0.2) is 4.98 Å². The van der Waals surface area contributed by atoms with E-state index in [1.54, 1.807) is 11.3 Å². The average molecular weight is 240 g/mol. The standard InChI is InChI=1S/C11H16N2O2S/c1-2-9-13-8(6-16-9)5-12-10(11(14)15)7-3-4-7/h6-7,10,12H,2-5H2,1H3,(H,14,15). The van der Waals surface area contributed by atoms with E-state index in [4.69, 9.17) is 5.11 Å². The second-order valence-electron chi connectivity index (χ2n) is 4.12. The van der Waals surface area contributed by atoms with Crippen molar-refractivity contribution in [3.05, 3.63) is 16.1 Å². The van der Waals surface area contributed by atoms with Crippen LogP contribution in [0.1, 0.15) is 30.5 Å². The van der Waals surface area contributed by atoms with Crippen LogP contribution in [0, 0.1) is 5.92 Å². The fourth-order valence-electron chi connectivity index (χ4n) is 1.69. The van der Waals surface area contributed by atoms with Gasteiger partial charge in [0.15, 0.2) is 0 Å². The number of aliphatic carboxylic acids is 1. The lowest BCUT2D eigenvalue weighted by atomic mass is 10.2. The van der Waals surface area contributed by atoms with E-state index in [1.165, 1.54) is 0 Å². The highest BCUT2D eigenvalue weighted by molar-refractivity contribution is 7.09. The summed E-state index contributed by atoms with van der Waals surface area (Å²) in [5, 5.41) is 15.2. The summed E-state index contributed by atoms with van der Waals surface area (Å²) in [6.45, 7) is 2.63. The van der Waals surface area contributed by atoms with Crippen LogP contribution >= 0.6 is 11.3 Å². The minimum absolute atomic E-state index is 0.321. The van der Waals surface area contributed by atoms with Crippen molar-refractivity contribution in [2.75, 3.05) is 0 Å². The quantitative estimate of drug-likeness (QED) is 0.794. The van der Waals surface area contributed by atoms with Gasteiger partial charge in [-0.1, -0.05) is 6.92 Å². The van der Waals surface area contributed by atoms with Crippen LogP contribution in [-0.4, -0.2) is 22.1 Å². The summed E-state index contributed by atoms with van der Waals surface area (Å²) in [6.07, 6.45) is 3.00. The first kappa shape index (κ1) is 11.5. The number of nitrogens with one attached hydrogen (secondary N) is 1. The van der Waals surface area contributed by atoms with E-state index in [0.717, 1.165) is 30.0 Å². The Balaban J connectivity index is 1.87. The normalized spacial score (nSPS) is 17.3. The summed E-state index contributed by atoms with van der Waals surface area (Å²) >= 11 is 1.64. The highest BCUT2D eigenvalue weighted by Gasteiger charge is 2.35. The number of aryl methyl sites for hydroxylation is 1. The van der Waals surface area contributed by atoms with E-state index in [9.17, 15) is 4.79 Å². The third kappa shape index (κ3) is 2.80. The summed E-state index contributed by atoms with van der Waals surface area (Å²) in [5.74, 6) is -0.421. The zero-order valence-corrected chi connectivity index (χ0v) is 10.1. The zero-order valence-electron chi connectivity index (χ0n) is 9.27. The van der Waals surface area contributed by atoms with Crippen molar-refractivity contribution in [1.82, 2.24) is 10.3 Å². The molecule has 1 aliphatic rings. The predicted molar refractivity (Wildman–Crippen MR) is 62.5 cm³/mol. The molecule has 2 N–H and O–H groups in total. The lowest BCUT2D eigenvalue weighted by molar-refractivity contribution is -0.140. The SMILES string of the molecule is CCc1nc(CNC(C(=O)O)C2CC2)cs1. The van der Waals surface area contributed by atoms with Crippen molar-refractivity contribution in [3.63, 3.8) is 0 Å². The minimum Gasteiger partial charge on any atom is -0.480 e. The van der Waals surface area contributed by atoms with Crippen LogP contribution in [0.15, 0.2) is 5.38 Å². The Morgan fingerprint density at radius 2 is 2.50 bits per heavy atom. The first-order chi connectivity index (χ1) is 7.70. The Morgan fingerprint density at radius 3 is 3.00 bits per heavy atom. The fraction of sp³-hybridized carbons (Fsp3) is 0.636. The van der Waals surface area contributed by atoms with Gasteiger partial charge in [-0.3, -0.25) is 10.1 Å². The number of carboxylic acid groups (broad SMARTS) is 1. The maximum absolute atomic E-state index is 11.0. The third-order valence-electron chi connectivity index (χ3n) is 2.76. The third-order valence-corrected chi connectivity index (χ3v) is 3.81. The molecule has 5 heteroatoms. The van der Waals surface area contributed by atoms with Crippen LogP contribution in [-0.2, 0) is 17.8 Å². The van der Waals surface area contributed by atoms with Gasteiger partial charge < -0.3 is 5.11 Å². The zero-order chi connectivity index (χ0) is 11.5. The second kappa shape index (κ2) is 4.93. The first-order valence-electron chi connectivity index (χ1n) is 5.60. The molecule has 0 aromatic carbocycles. The number of hydrogen-bond donors (Lipinski definition) is 2. The lowest BCUT2D eigenvalue weighted by Crippen LogP contribution is -2.38. The van der Waals surface area contributed by atoms with Gasteiger partial charge in [-0.15, -0.1) is 11.3 Å². The smallest absolute Gasteiger partial charge is 0.320 e. The molecule has 16 heavy (non-hydrogen) atoms. The second-order valence-corrected chi connectivity index (χ2v) is 5.06. The molecule has 2 rings (SSSR count). The van der Waals surface area contributed by atoms with Crippen molar-refractivity contribution >= 4 is 17.3 Å². The van der Waals surface area contributed by atoms with Gasteiger partial charge in [0.05, 0.1) is 10.7 Å². The molecule has 0 bridgehead atoms. The maximum atomic E-state index is 11.0. The molecule has 1 fully saturated rings. The largest absolute Gasteiger partial charge is 0.480 e. The van der Waals surface area contributed by atoms with E-state index in [0.29, 0.717) is 12.5 Å². The molecule has 0 saturated heterocycles. The Kier molecular flexibility index (Phi) is 3.56. The number of aromatic nitrogens is 1. The van der Waals surface area contributed by atoms with E-state index >= 15 is 0 Å². The molecule has 0 amide bonds. The van der Waals surface area contributed by atoms with Crippen molar-refractivity contribution < 1.29 is 9.90 Å². The Morgan fingerprint density at radius 1 is 1.75 bits per heavy atom. The molecule has 4 nitrogen and oxygen atoms in total. The highest BCUT2D eigenvalue weighted by Crippen LogP contribution is 2.32. The van der Waals surface area contributed by atoms with Gasteiger partial charge in [0, 0.05) is 11.9 Å². The summed E-state index contributed by atoms with van der Waals surface area (Å²) in [4.78, 5) is 15.4. The minimum atomic E-state index is -0.742. The first-order valence-corrected chi connectivity index (χ1v) is 6.48. The monoisotopic (exact) mass is 240 g/mol. The van der Waals surface area contributed by atoms with Crippen molar-refractivity contribution in [3.8, 4) is 0 Å². The van der Waals surface area contributed by atoms with Crippen LogP contribution in [0.3, 0.4) is 0 Å². The maximum Gasteiger partial charge on any atom is 0.320 e. The van der Waals surface area contributed by atoms with Gasteiger partial charge in [0.2, 0.25) is 0 Å². The van der Waals surface area contributed by atoms with Crippen LogP contribution in [0.25, 0.3) is 0 Å². The number of nitrogens with zero attached hydrogens (tertiary/aromatic N) is 1. The van der Waals surface area contributed by atoms with E-state index in [2.05, 4.69) is 17.2 Å². The molecule has 1 heterocycles. The molecule has 1 aromatic rings. The molecule has 1 unspecified atom stereocenters. The summed E-state index contributed by atoms with van der Waals surface area (Å²) in [7, 11) is 0. The molecule has 1 saturated carbocycles. The summed E-state index contributed by atoms with van der Waals surface area (Å²) in [6, 6.07) is -0.397. The number of carboxylic acids is 1. The Bertz CT molecular complexity index is 374. The molecule has 0 spiro atoms. The molecule has 0 aliphatic heterocycles. The number of rotatable bonds is 6. The fourth-order valence-corrected chi connectivity index (χ4v) is 2.44. The number of carbonyl (C=O) groups is 1. The lowest BCUT2D eigenvalue weighted by Gasteiger charge is -2.11. The van der Waals surface area contributed by atoms with Crippen LogP contribution < -0.4 is 5.32 Å². The van der Waals surface area contributed by atoms with Crippen LogP contribution in [0.4, 0.5) is 0 Å². The van der Waals surface area contributed by atoms with Crippen molar-refractivity contribution in [2.24, 2.45) is 5.92 Å².